The Kier molecular flexibility index (Phi) is 6.87. The Labute approximate surface area is 145 Å². The Morgan fingerprint density at radius 2 is 2.08 bits per heavy atom. The summed E-state index contributed by atoms with van der Waals surface area (Å²) in [5.41, 5.74) is 1.62. The van der Waals surface area contributed by atoms with Crippen molar-refractivity contribution in [2.24, 2.45) is 0 Å². The highest BCUT2D eigenvalue weighted by atomic mass is 32.1. The van der Waals surface area contributed by atoms with E-state index >= 15 is 0 Å². The van der Waals surface area contributed by atoms with Crippen LogP contribution in [0.3, 0.4) is 0 Å². The van der Waals surface area contributed by atoms with Gasteiger partial charge in [-0.15, -0.1) is 10.2 Å². The third kappa shape index (κ3) is 5.73. The predicted octanol–water partition coefficient (Wildman–Crippen LogP) is 2.95. The molecule has 0 unspecified atom stereocenters. The van der Waals surface area contributed by atoms with E-state index in [0.717, 1.165) is 29.8 Å². The zero-order valence-corrected chi connectivity index (χ0v) is 14.8. The number of aromatic nitrogens is 2. The minimum Gasteiger partial charge on any atom is -0.352 e. The summed E-state index contributed by atoms with van der Waals surface area (Å²) < 4.78 is 0. The van der Waals surface area contributed by atoms with Crippen molar-refractivity contribution in [3.8, 4) is 0 Å². The van der Waals surface area contributed by atoms with Crippen LogP contribution in [0.1, 0.15) is 47.1 Å². The van der Waals surface area contributed by atoms with Gasteiger partial charge in [-0.25, -0.2) is 0 Å². The molecule has 0 radical (unpaired) electrons. The predicted molar refractivity (Wildman–Crippen MR) is 95.3 cm³/mol. The van der Waals surface area contributed by atoms with Gasteiger partial charge < -0.3 is 10.6 Å². The lowest BCUT2D eigenvalue weighted by Gasteiger charge is -2.05. The van der Waals surface area contributed by atoms with Gasteiger partial charge in [0.25, 0.3) is 5.91 Å². The zero-order valence-electron chi connectivity index (χ0n) is 14.0. The molecule has 7 heteroatoms. The molecule has 2 amide bonds. The second-order valence-corrected chi connectivity index (χ2v) is 6.59. The number of hydrogen-bond donors (Lipinski definition) is 2. The molecule has 1 aromatic carbocycles. The van der Waals surface area contributed by atoms with Crippen LogP contribution >= 0.6 is 11.3 Å². The number of amides is 2. The van der Waals surface area contributed by atoms with E-state index in [1.165, 1.54) is 11.3 Å². The molecule has 0 saturated heterocycles. The summed E-state index contributed by atoms with van der Waals surface area (Å²) in [7, 11) is 0. The van der Waals surface area contributed by atoms with E-state index in [1.54, 1.807) is 6.07 Å². The number of carbonyl (C=O) groups is 2. The number of nitrogens with zero attached hydrogens (tertiary/aromatic N) is 2. The van der Waals surface area contributed by atoms with Crippen molar-refractivity contribution < 1.29 is 9.59 Å². The van der Waals surface area contributed by atoms with Gasteiger partial charge in [0.2, 0.25) is 11.0 Å². The van der Waals surface area contributed by atoms with Crippen molar-refractivity contribution in [2.45, 2.75) is 39.5 Å². The highest BCUT2D eigenvalue weighted by Crippen LogP contribution is 2.17. The lowest BCUT2D eigenvalue weighted by molar-refractivity contribution is -0.116. The molecule has 2 rings (SSSR count). The third-order valence-electron chi connectivity index (χ3n) is 3.38. The second kappa shape index (κ2) is 9.12. The molecule has 0 aliphatic rings. The molecule has 128 valence electrons. The maximum absolute atomic E-state index is 12.0. The molecule has 24 heavy (non-hydrogen) atoms. The SMILES string of the molecule is CCCCc1nnc(NC(=O)CCNC(=O)c2cccc(C)c2)s1. The highest BCUT2D eigenvalue weighted by molar-refractivity contribution is 7.15. The average molecular weight is 346 g/mol. The molecule has 0 bridgehead atoms. The van der Waals surface area contributed by atoms with E-state index in [-0.39, 0.29) is 24.8 Å². The average Bonchev–Trinajstić information content (AvgIpc) is 3.00. The summed E-state index contributed by atoms with van der Waals surface area (Å²) in [6.45, 7) is 4.33. The van der Waals surface area contributed by atoms with Crippen LogP contribution in [-0.4, -0.2) is 28.6 Å². The molecule has 0 saturated carbocycles. The van der Waals surface area contributed by atoms with Crippen LogP contribution in [0.4, 0.5) is 5.13 Å². The number of aryl methyl sites for hydroxylation is 2. The van der Waals surface area contributed by atoms with Crippen LogP contribution in [0.5, 0.6) is 0 Å². The summed E-state index contributed by atoms with van der Waals surface area (Å²) in [5.74, 6) is -0.359. The number of unbranched alkanes of at least 4 members (excludes halogenated alkanes) is 1. The van der Waals surface area contributed by atoms with E-state index in [9.17, 15) is 9.59 Å². The van der Waals surface area contributed by atoms with E-state index in [4.69, 9.17) is 0 Å². The highest BCUT2D eigenvalue weighted by Gasteiger charge is 2.09. The van der Waals surface area contributed by atoms with Crippen molar-refractivity contribution in [3.05, 3.63) is 40.4 Å². The molecule has 6 nitrogen and oxygen atoms in total. The first-order valence-corrected chi connectivity index (χ1v) is 8.87. The van der Waals surface area contributed by atoms with Gasteiger partial charge in [-0.3, -0.25) is 9.59 Å². The summed E-state index contributed by atoms with van der Waals surface area (Å²) in [6.07, 6.45) is 3.24. The molecule has 2 aromatic rings. The Balaban J connectivity index is 1.73. The summed E-state index contributed by atoms with van der Waals surface area (Å²) in [4.78, 5) is 23.9. The van der Waals surface area contributed by atoms with Gasteiger partial charge in [-0.05, 0) is 25.5 Å². The standard InChI is InChI=1S/C17H22N4O2S/c1-3-4-8-15-20-21-17(24-15)19-14(22)9-10-18-16(23)13-7-5-6-12(2)11-13/h5-7,11H,3-4,8-10H2,1-2H3,(H,18,23)(H,19,21,22). The molecule has 0 fully saturated rings. The summed E-state index contributed by atoms with van der Waals surface area (Å²) >= 11 is 1.40. The van der Waals surface area contributed by atoms with Crippen LogP contribution in [0.25, 0.3) is 0 Å². The number of carbonyl (C=O) groups excluding carboxylic acids is 2. The van der Waals surface area contributed by atoms with Gasteiger partial charge in [-0.1, -0.05) is 42.4 Å². The summed E-state index contributed by atoms with van der Waals surface area (Å²) in [5, 5.41) is 14.9. The first kappa shape index (κ1) is 18.1. The zero-order chi connectivity index (χ0) is 17.4. The van der Waals surface area contributed by atoms with Crippen LogP contribution in [-0.2, 0) is 11.2 Å². The fourth-order valence-electron chi connectivity index (χ4n) is 2.09. The largest absolute Gasteiger partial charge is 0.352 e. The first-order valence-electron chi connectivity index (χ1n) is 8.05. The molecule has 0 aliphatic carbocycles. The van der Waals surface area contributed by atoms with Gasteiger partial charge >= 0.3 is 0 Å². The van der Waals surface area contributed by atoms with Crippen molar-refractivity contribution in [3.63, 3.8) is 0 Å². The minimum absolute atomic E-state index is 0.177. The Bertz CT molecular complexity index is 699. The van der Waals surface area contributed by atoms with Crippen LogP contribution in [0.2, 0.25) is 0 Å². The number of benzene rings is 1. The van der Waals surface area contributed by atoms with Crippen molar-refractivity contribution >= 4 is 28.3 Å². The van der Waals surface area contributed by atoms with Crippen LogP contribution in [0.15, 0.2) is 24.3 Å². The molecular formula is C17H22N4O2S. The van der Waals surface area contributed by atoms with Gasteiger partial charge in [0.15, 0.2) is 0 Å². The van der Waals surface area contributed by atoms with E-state index in [1.807, 2.05) is 25.1 Å². The maximum atomic E-state index is 12.0. The lowest BCUT2D eigenvalue weighted by atomic mass is 10.1. The fourth-order valence-corrected chi connectivity index (χ4v) is 2.89. The molecule has 2 N–H and O–H groups in total. The first-order chi connectivity index (χ1) is 11.6. The number of hydrogen-bond acceptors (Lipinski definition) is 5. The molecule has 0 atom stereocenters. The van der Waals surface area contributed by atoms with Crippen molar-refractivity contribution in [2.75, 3.05) is 11.9 Å². The van der Waals surface area contributed by atoms with Gasteiger partial charge in [0.05, 0.1) is 0 Å². The fraction of sp³-hybridized carbons (Fsp3) is 0.412. The molecular weight excluding hydrogens is 324 g/mol. The third-order valence-corrected chi connectivity index (χ3v) is 4.27. The minimum atomic E-state index is -0.183. The number of nitrogens with one attached hydrogen (secondary N) is 2. The van der Waals surface area contributed by atoms with Crippen LogP contribution in [0, 0.1) is 6.92 Å². The molecule has 1 aromatic heterocycles. The van der Waals surface area contributed by atoms with Crippen molar-refractivity contribution in [1.82, 2.24) is 15.5 Å². The smallest absolute Gasteiger partial charge is 0.251 e. The van der Waals surface area contributed by atoms with E-state index in [2.05, 4.69) is 27.8 Å². The second-order valence-electron chi connectivity index (χ2n) is 5.53. The Morgan fingerprint density at radius 1 is 1.25 bits per heavy atom. The topological polar surface area (TPSA) is 84.0 Å². The molecule has 1 heterocycles. The van der Waals surface area contributed by atoms with Crippen molar-refractivity contribution in [1.29, 1.82) is 0 Å². The van der Waals surface area contributed by atoms with E-state index < -0.39 is 0 Å². The maximum Gasteiger partial charge on any atom is 0.251 e. The number of anilines is 1. The Hall–Kier alpha value is -2.28. The quantitative estimate of drug-likeness (QED) is 0.770. The lowest BCUT2D eigenvalue weighted by Crippen LogP contribution is -2.27. The normalized spacial score (nSPS) is 10.4. The Morgan fingerprint density at radius 3 is 2.83 bits per heavy atom. The number of rotatable bonds is 8. The van der Waals surface area contributed by atoms with Gasteiger partial charge in [-0.2, -0.15) is 0 Å². The molecule has 0 aliphatic heterocycles. The van der Waals surface area contributed by atoms with Gasteiger partial charge in [0.1, 0.15) is 5.01 Å². The van der Waals surface area contributed by atoms with E-state index in [0.29, 0.717) is 10.7 Å². The van der Waals surface area contributed by atoms with Gasteiger partial charge in [0, 0.05) is 24.9 Å². The summed E-state index contributed by atoms with van der Waals surface area (Å²) in [6, 6.07) is 7.33. The molecule has 0 spiro atoms. The monoisotopic (exact) mass is 346 g/mol. The van der Waals surface area contributed by atoms with Crippen LogP contribution < -0.4 is 10.6 Å².